The molecule has 4 nitrogen and oxygen atoms in total. The summed E-state index contributed by atoms with van der Waals surface area (Å²) in [6.45, 7) is 4.84. The van der Waals surface area contributed by atoms with Crippen molar-refractivity contribution in [2.24, 2.45) is 0 Å². The average Bonchev–Trinajstić information content (AvgIpc) is 3.43. The van der Waals surface area contributed by atoms with E-state index >= 15 is 0 Å². The summed E-state index contributed by atoms with van der Waals surface area (Å²) in [7, 11) is -2.80. The molecule has 0 saturated carbocycles. The van der Waals surface area contributed by atoms with E-state index in [1.165, 1.54) is 27.8 Å². The third-order valence-electron chi connectivity index (χ3n) is 10.7. The maximum absolute atomic E-state index is 10.9. The van der Waals surface area contributed by atoms with Crippen molar-refractivity contribution in [1.82, 2.24) is 4.23 Å². The molecule has 2 N–H and O–H groups in total. The summed E-state index contributed by atoms with van der Waals surface area (Å²) in [6, 6.07) is 48.3. The van der Waals surface area contributed by atoms with Crippen LogP contribution in [0, 0.1) is 22.7 Å². The molecule has 1 aromatic heterocycles. The number of allylic oxidation sites excluding steroid dienone is 2. The van der Waals surface area contributed by atoms with Crippen LogP contribution in [0.2, 0.25) is 24.6 Å². The Balaban J connectivity index is 1.89. The van der Waals surface area contributed by atoms with Crippen LogP contribution in [-0.2, 0) is 8.12 Å². The van der Waals surface area contributed by atoms with Crippen LogP contribution >= 0.6 is 0 Å². The van der Waals surface area contributed by atoms with Gasteiger partial charge in [0.15, 0.2) is 0 Å². The van der Waals surface area contributed by atoms with Gasteiger partial charge in [-0.15, -0.1) is 0 Å². The van der Waals surface area contributed by atoms with Crippen LogP contribution in [0.25, 0.3) is 11.1 Å². The number of nitrogens with two attached hydrogens (primary N) is 1. The summed E-state index contributed by atoms with van der Waals surface area (Å²) in [5, 5.41) is 21.4. The standard InChI is InChI=1S/C38H34GeN4Si/c1-39(2)37(29-21-13-7-14-22-29)33(27-17-9-5-10-18-27)34(28-19-11-6-12-20-28)38(39,30-23-15-8-16-24-30)44(3,4)43-35(37)31(25-40)32(26-41)36(43)42/h5-24H,42H2,1-4H3/t37-,38-/m1/s1. The maximum atomic E-state index is 10.9. The van der Waals surface area contributed by atoms with E-state index in [1.54, 1.807) is 0 Å². The Morgan fingerprint density at radius 3 is 1.55 bits per heavy atom. The number of rotatable bonds is 4. The first-order valence-electron chi connectivity index (χ1n) is 15.0. The zero-order chi connectivity index (χ0) is 30.9. The topological polar surface area (TPSA) is 78.5 Å². The van der Waals surface area contributed by atoms with Crippen LogP contribution in [0.4, 0.5) is 5.82 Å². The number of nitrogens with zero attached hydrogens (tertiary/aromatic N) is 3. The number of nitriles is 2. The van der Waals surface area contributed by atoms with Crippen molar-refractivity contribution in [2.75, 3.05) is 5.73 Å². The predicted octanol–water partition coefficient (Wildman–Crippen LogP) is 8.06. The van der Waals surface area contributed by atoms with Gasteiger partial charge in [0.2, 0.25) is 0 Å². The Labute approximate surface area is 263 Å². The predicted molar refractivity (Wildman–Crippen MR) is 184 cm³/mol. The molecule has 5 aromatic rings. The van der Waals surface area contributed by atoms with Crippen LogP contribution in [-0.4, -0.2) is 25.7 Å². The summed E-state index contributed by atoms with van der Waals surface area (Å²) in [4.78, 5) is 0. The van der Waals surface area contributed by atoms with Crippen molar-refractivity contribution < 1.29 is 0 Å². The molecule has 2 atom stereocenters. The summed E-state index contributed by atoms with van der Waals surface area (Å²) in [5.41, 5.74) is 16.2. The number of fused-ring (bicyclic) bond motifs is 4. The number of hydrogen-bond acceptors (Lipinski definition) is 3. The molecule has 214 valence electrons. The first-order chi connectivity index (χ1) is 21.2. The SMILES string of the molecule is C[Si]1(C)n2c(N)c(C#N)c(C#N)c2[C@@]2(c3ccccc3)C(c3ccccc3)=C(c3ccccc3)[C@]1(c1ccccc1)[Ge]2([CH3])[CH3]. The van der Waals surface area contributed by atoms with Gasteiger partial charge >= 0.3 is 264 Å². The zero-order valence-electron chi connectivity index (χ0n) is 25.5. The van der Waals surface area contributed by atoms with E-state index in [9.17, 15) is 10.5 Å². The van der Waals surface area contributed by atoms with Crippen LogP contribution in [0.5, 0.6) is 0 Å². The fourth-order valence-corrected chi connectivity index (χ4v) is 36.6. The van der Waals surface area contributed by atoms with Gasteiger partial charge in [-0.25, -0.2) is 0 Å². The van der Waals surface area contributed by atoms with Gasteiger partial charge in [0, 0.05) is 0 Å². The van der Waals surface area contributed by atoms with Crippen molar-refractivity contribution in [3.63, 3.8) is 0 Å². The van der Waals surface area contributed by atoms with Crippen LogP contribution in [0.1, 0.15) is 39.1 Å². The molecule has 2 aliphatic rings. The molecule has 0 saturated heterocycles. The fourth-order valence-electron chi connectivity index (χ4n) is 9.49. The van der Waals surface area contributed by atoms with E-state index < -0.39 is 25.7 Å². The van der Waals surface area contributed by atoms with Gasteiger partial charge in [0.05, 0.1) is 0 Å². The first kappa shape index (κ1) is 28.2. The zero-order valence-corrected chi connectivity index (χ0v) is 28.6. The summed E-state index contributed by atoms with van der Waals surface area (Å²) in [6.07, 6.45) is 0. The molecule has 0 aliphatic carbocycles. The Hall–Kier alpha value is -4.56. The molecule has 0 spiro atoms. The Bertz CT molecular complexity index is 2030. The number of aromatic nitrogens is 1. The van der Waals surface area contributed by atoms with Crippen molar-refractivity contribution in [3.05, 3.63) is 160 Å². The van der Waals surface area contributed by atoms with Gasteiger partial charge < -0.3 is 0 Å². The second-order valence-electron chi connectivity index (χ2n) is 12.9. The van der Waals surface area contributed by atoms with Gasteiger partial charge in [-0.2, -0.15) is 0 Å². The molecule has 7 rings (SSSR count). The van der Waals surface area contributed by atoms with E-state index in [1.807, 2.05) is 0 Å². The molecule has 44 heavy (non-hydrogen) atoms. The van der Waals surface area contributed by atoms with E-state index in [4.69, 9.17) is 5.73 Å². The minimum absolute atomic E-state index is 0.306. The van der Waals surface area contributed by atoms with Crippen LogP contribution in [0.3, 0.4) is 0 Å². The average molecular weight is 647 g/mol. The van der Waals surface area contributed by atoms with E-state index in [0.29, 0.717) is 16.9 Å². The quantitative estimate of drug-likeness (QED) is 0.201. The minimum atomic E-state index is -3.55. The monoisotopic (exact) mass is 648 g/mol. The molecule has 4 aromatic carbocycles. The molecule has 0 fully saturated rings. The van der Waals surface area contributed by atoms with Crippen molar-refractivity contribution in [3.8, 4) is 12.1 Å². The van der Waals surface area contributed by atoms with Gasteiger partial charge in [-0.05, 0) is 0 Å². The number of benzene rings is 4. The summed E-state index contributed by atoms with van der Waals surface area (Å²) >= 11 is -3.55. The normalized spacial score (nSPS) is 22.6. The van der Waals surface area contributed by atoms with E-state index in [-0.39, 0.29) is 3.87 Å². The molecular weight excluding hydrogens is 613 g/mol. The van der Waals surface area contributed by atoms with Gasteiger partial charge in [0.1, 0.15) is 0 Å². The molecular formula is C38H34GeN4Si. The molecule has 3 heterocycles. The molecule has 6 heteroatoms. The van der Waals surface area contributed by atoms with Gasteiger partial charge in [0.25, 0.3) is 0 Å². The van der Waals surface area contributed by atoms with Crippen LogP contribution in [0.15, 0.2) is 121 Å². The third-order valence-corrected chi connectivity index (χ3v) is 32.4. The van der Waals surface area contributed by atoms with Crippen molar-refractivity contribution >= 4 is 38.5 Å². The van der Waals surface area contributed by atoms with E-state index in [0.717, 1.165) is 11.3 Å². The molecule has 0 amide bonds. The van der Waals surface area contributed by atoms with Crippen LogP contribution < -0.4 is 5.73 Å². The first-order valence-corrected chi connectivity index (χ1v) is 24.3. The summed E-state index contributed by atoms with van der Waals surface area (Å²) in [5.74, 6) is 5.58. The van der Waals surface area contributed by atoms with E-state index in [2.05, 4.69) is 162 Å². The second kappa shape index (κ2) is 9.72. The Morgan fingerprint density at radius 1 is 0.636 bits per heavy atom. The van der Waals surface area contributed by atoms with Gasteiger partial charge in [-0.3, -0.25) is 0 Å². The summed E-state index contributed by atoms with van der Waals surface area (Å²) < 4.78 is 1.33. The Kier molecular flexibility index (Phi) is 6.24. The number of nitrogen functional groups attached to an aromatic ring is 1. The number of anilines is 1. The molecule has 2 bridgehead atoms. The Morgan fingerprint density at radius 2 is 1.07 bits per heavy atom. The van der Waals surface area contributed by atoms with Crippen molar-refractivity contribution in [2.45, 2.75) is 32.7 Å². The number of hydrogen-bond donors (Lipinski definition) is 1. The second-order valence-corrected chi connectivity index (χ2v) is 28.3. The van der Waals surface area contributed by atoms with Gasteiger partial charge in [-0.1, -0.05) is 0 Å². The fraction of sp³-hybridized carbons (Fsp3) is 0.158. The molecule has 0 unspecified atom stereocenters. The molecule has 0 radical (unpaired) electrons. The van der Waals surface area contributed by atoms with Crippen molar-refractivity contribution in [1.29, 1.82) is 10.5 Å². The molecule has 2 aliphatic heterocycles. The third kappa shape index (κ3) is 3.11.